The minimum Gasteiger partial charge on any atom is -0.508 e. The molecule has 0 saturated heterocycles. The van der Waals surface area contributed by atoms with Crippen LogP contribution in [-0.2, 0) is 0 Å². The molecule has 20 heavy (non-hydrogen) atoms. The number of pyridine rings is 1. The summed E-state index contributed by atoms with van der Waals surface area (Å²) in [5.74, 6) is 0.247. The van der Waals surface area contributed by atoms with Crippen molar-refractivity contribution >= 4 is 23.6 Å². The summed E-state index contributed by atoms with van der Waals surface area (Å²) >= 11 is 1.41. The van der Waals surface area contributed by atoms with Gasteiger partial charge in [0.2, 0.25) is 5.78 Å². The molecular formula is C16H13NO2S. The lowest BCUT2D eigenvalue weighted by atomic mass is 10.1. The van der Waals surface area contributed by atoms with Gasteiger partial charge in [-0.2, -0.15) is 0 Å². The third-order valence-corrected chi connectivity index (χ3v) is 4.17. The van der Waals surface area contributed by atoms with E-state index in [4.69, 9.17) is 0 Å². The summed E-state index contributed by atoms with van der Waals surface area (Å²) < 4.78 is 0. The van der Waals surface area contributed by atoms with Crippen LogP contribution in [0.25, 0.3) is 6.08 Å². The second kappa shape index (κ2) is 4.80. The molecule has 0 amide bonds. The molecule has 2 heterocycles. The fraction of sp³-hybridized carbons (Fsp3) is 0.125. The number of carbonyl (C=O) groups is 1. The van der Waals surface area contributed by atoms with Crippen molar-refractivity contribution in [3.05, 3.63) is 57.6 Å². The first-order valence-electron chi connectivity index (χ1n) is 6.26. The summed E-state index contributed by atoms with van der Waals surface area (Å²) in [5, 5.41) is 10.1. The molecule has 4 heteroatoms. The molecule has 1 aliphatic rings. The van der Waals surface area contributed by atoms with E-state index in [1.54, 1.807) is 24.3 Å². The summed E-state index contributed by atoms with van der Waals surface area (Å²) in [6.07, 6.45) is 1.84. The number of phenols is 1. The highest BCUT2D eigenvalue weighted by Crippen LogP contribution is 2.41. The standard InChI is InChI=1S/C16H13NO2S/c1-9-7-10(2)17-16-14(9)15(19)13(20-16)8-11-3-5-12(18)6-4-11/h3-8,18H,1-2H3/b13-8+. The lowest BCUT2D eigenvalue weighted by molar-refractivity contribution is 0.104. The van der Waals surface area contributed by atoms with Crippen LogP contribution in [0.3, 0.4) is 0 Å². The molecule has 0 fully saturated rings. The van der Waals surface area contributed by atoms with Gasteiger partial charge in [-0.05, 0) is 49.2 Å². The Morgan fingerprint density at radius 1 is 1.20 bits per heavy atom. The average Bonchev–Trinajstić information content (AvgIpc) is 2.69. The van der Waals surface area contributed by atoms with Gasteiger partial charge >= 0.3 is 0 Å². The van der Waals surface area contributed by atoms with Crippen LogP contribution in [0.2, 0.25) is 0 Å². The molecule has 0 atom stereocenters. The number of aromatic hydroxyl groups is 1. The van der Waals surface area contributed by atoms with Gasteiger partial charge in [-0.3, -0.25) is 4.79 Å². The van der Waals surface area contributed by atoms with E-state index in [9.17, 15) is 9.90 Å². The molecule has 0 saturated carbocycles. The number of aromatic nitrogens is 1. The van der Waals surface area contributed by atoms with Crippen LogP contribution < -0.4 is 0 Å². The molecule has 3 rings (SSSR count). The van der Waals surface area contributed by atoms with Crippen molar-refractivity contribution in [1.29, 1.82) is 0 Å². The highest BCUT2D eigenvalue weighted by molar-refractivity contribution is 8.04. The van der Waals surface area contributed by atoms with Crippen molar-refractivity contribution < 1.29 is 9.90 Å². The monoisotopic (exact) mass is 283 g/mol. The predicted molar refractivity (Wildman–Crippen MR) is 80.0 cm³/mol. The maximum Gasteiger partial charge on any atom is 0.202 e. The Morgan fingerprint density at radius 2 is 1.90 bits per heavy atom. The number of phenolic OH excluding ortho intramolecular Hbond substituents is 1. The third-order valence-electron chi connectivity index (χ3n) is 3.16. The van der Waals surface area contributed by atoms with Crippen molar-refractivity contribution in [3.8, 4) is 5.75 Å². The molecule has 100 valence electrons. The number of Topliss-reactive ketones (excluding diaryl/α,β-unsaturated/α-hetero) is 1. The van der Waals surface area contributed by atoms with Crippen molar-refractivity contribution in [1.82, 2.24) is 4.98 Å². The molecular weight excluding hydrogens is 270 g/mol. The number of thioether (sulfide) groups is 1. The largest absolute Gasteiger partial charge is 0.508 e. The van der Waals surface area contributed by atoms with Crippen molar-refractivity contribution in [3.63, 3.8) is 0 Å². The molecule has 0 aliphatic carbocycles. The number of hydrogen-bond donors (Lipinski definition) is 1. The molecule has 2 aromatic rings. The van der Waals surface area contributed by atoms with Gasteiger partial charge in [-0.15, -0.1) is 0 Å². The zero-order valence-corrected chi connectivity index (χ0v) is 12.0. The van der Waals surface area contributed by atoms with Gasteiger partial charge in [0.1, 0.15) is 10.8 Å². The number of benzene rings is 1. The Morgan fingerprint density at radius 3 is 2.60 bits per heavy atom. The minimum absolute atomic E-state index is 0.0306. The van der Waals surface area contributed by atoms with E-state index >= 15 is 0 Å². The Bertz CT molecular complexity index is 733. The number of hydrogen-bond acceptors (Lipinski definition) is 4. The number of nitrogens with zero attached hydrogens (tertiary/aromatic N) is 1. The van der Waals surface area contributed by atoms with E-state index in [0.29, 0.717) is 10.5 Å². The SMILES string of the molecule is Cc1cc(C)c2c(n1)S/C(=C/c1ccc(O)cc1)C2=O. The van der Waals surface area contributed by atoms with Crippen molar-refractivity contribution in [2.75, 3.05) is 0 Å². The maximum absolute atomic E-state index is 12.4. The quantitative estimate of drug-likeness (QED) is 0.810. The van der Waals surface area contributed by atoms with Gasteiger partial charge in [0.15, 0.2) is 0 Å². The highest BCUT2D eigenvalue weighted by atomic mass is 32.2. The first kappa shape index (κ1) is 12.9. The molecule has 1 aromatic carbocycles. The van der Waals surface area contributed by atoms with Crippen LogP contribution in [0.4, 0.5) is 0 Å². The molecule has 0 spiro atoms. The second-order valence-electron chi connectivity index (χ2n) is 4.79. The molecule has 1 aromatic heterocycles. The fourth-order valence-corrected chi connectivity index (χ4v) is 3.39. The van der Waals surface area contributed by atoms with Crippen LogP contribution in [0.5, 0.6) is 5.75 Å². The van der Waals surface area contributed by atoms with E-state index in [-0.39, 0.29) is 11.5 Å². The number of rotatable bonds is 1. The Hall–Kier alpha value is -2.07. The van der Waals surface area contributed by atoms with Gasteiger partial charge in [0.05, 0.1) is 10.5 Å². The summed E-state index contributed by atoms with van der Waals surface area (Å²) in [4.78, 5) is 17.5. The van der Waals surface area contributed by atoms with Crippen LogP contribution in [-0.4, -0.2) is 15.9 Å². The number of aryl methyl sites for hydroxylation is 2. The maximum atomic E-state index is 12.4. The smallest absolute Gasteiger partial charge is 0.202 e. The number of ketones is 1. The molecule has 0 bridgehead atoms. The lowest BCUT2D eigenvalue weighted by Gasteiger charge is -2.01. The van der Waals surface area contributed by atoms with E-state index in [2.05, 4.69) is 4.98 Å². The molecule has 1 aliphatic heterocycles. The number of carbonyl (C=O) groups excluding carboxylic acids is 1. The zero-order chi connectivity index (χ0) is 14.3. The van der Waals surface area contributed by atoms with Crippen molar-refractivity contribution in [2.24, 2.45) is 0 Å². The molecule has 0 radical (unpaired) electrons. The number of fused-ring (bicyclic) bond motifs is 1. The Balaban J connectivity index is 2.01. The van der Waals surface area contributed by atoms with Crippen LogP contribution in [0.1, 0.15) is 27.2 Å². The fourth-order valence-electron chi connectivity index (χ4n) is 2.24. The number of allylic oxidation sites excluding steroid dienone is 1. The van der Waals surface area contributed by atoms with Gasteiger partial charge in [-0.1, -0.05) is 23.9 Å². The van der Waals surface area contributed by atoms with Gasteiger partial charge in [0.25, 0.3) is 0 Å². The normalized spacial score (nSPS) is 15.7. The Labute approximate surface area is 121 Å². The molecule has 0 unspecified atom stereocenters. The Kier molecular flexibility index (Phi) is 3.10. The zero-order valence-electron chi connectivity index (χ0n) is 11.2. The highest BCUT2D eigenvalue weighted by Gasteiger charge is 2.29. The van der Waals surface area contributed by atoms with Crippen molar-refractivity contribution in [2.45, 2.75) is 18.9 Å². The molecule has 3 nitrogen and oxygen atoms in total. The van der Waals surface area contributed by atoms with E-state index < -0.39 is 0 Å². The van der Waals surface area contributed by atoms with Gasteiger partial charge in [-0.25, -0.2) is 4.98 Å². The van der Waals surface area contributed by atoms with E-state index in [0.717, 1.165) is 21.8 Å². The first-order valence-corrected chi connectivity index (χ1v) is 7.08. The van der Waals surface area contributed by atoms with E-state index in [1.165, 1.54) is 11.8 Å². The van der Waals surface area contributed by atoms with Gasteiger partial charge in [0, 0.05) is 5.69 Å². The molecule has 1 N–H and O–H groups in total. The third kappa shape index (κ3) is 2.23. The van der Waals surface area contributed by atoms with E-state index in [1.807, 2.05) is 26.0 Å². The van der Waals surface area contributed by atoms with Crippen LogP contribution in [0, 0.1) is 13.8 Å². The predicted octanol–water partition coefficient (Wildman–Crippen LogP) is 3.73. The first-order chi connectivity index (χ1) is 9.54. The van der Waals surface area contributed by atoms with Crippen LogP contribution in [0.15, 0.2) is 40.3 Å². The van der Waals surface area contributed by atoms with Gasteiger partial charge < -0.3 is 5.11 Å². The second-order valence-corrected chi connectivity index (χ2v) is 5.82. The topological polar surface area (TPSA) is 50.2 Å². The lowest BCUT2D eigenvalue weighted by Crippen LogP contribution is -1.99. The summed E-state index contributed by atoms with van der Waals surface area (Å²) in [6, 6.07) is 8.71. The minimum atomic E-state index is 0.0306. The summed E-state index contributed by atoms with van der Waals surface area (Å²) in [7, 11) is 0. The van der Waals surface area contributed by atoms with Crippen LogP contribution >= 0.6 is 11.8 Å². The summed E-state index contributed by atoms with van der Waals surface area (Å²) in [6.45, 7) is 3.87. The average molecular weight is 283 g/mol. The summed E-state index contributed by atoms with van der Waals surface area (Å²) in [5.41, 5.74) is 3.50.